The van der Waals surface area contributed by atoms with Gasteiger partial charge in [0, 0.05) is 18.3 Å². The monoisotopic (exact) mass is 462 g/mol. The van der Waals surface area contributed by atoms with E-state index in [1.54, 1.807) is 12.1 Å². The Morgan fingerprint density at radius 1 is 1.03 bits per heavy atom. The van der Waals surface area contributed by atoms with E-state index in [1.165, 1.54) is 38.5 Å². The molecule has 0 heterocycles. The van der Waals surface area contributed by atoms with Crippen molar-refractivity contribution in [3.63, 3.8) is 0 Å². The summed E-state index contributed by atoms with van der Waals surface area (Å²) < 4.78 is 5.91. The number of nitrogens with one attached hydrogen (secondary N) is 2. The molecule has 0 aromatic heterocycles. The van der Waals surface area contributed by atoms with Gasteiger partial charge in [-0.15, -0.1) is 0 Å². The van der Waals surface area contributed by atoms with Crippen molar-refractivity contribution in [2.45, 2.75) is 64.5 Å². The first-order chi connectivity index (χ1) is 16.4. The quantitative estimate of drug-likeness (QED) is 0.480. The highest BCUT2D eigenvalue weighted by molar-refractivity contribution is 6.06. The summed E-state index contributed by atoms with van der Waals surface area (Å²) in [6.07, 6.45) is 7.75. The lowest BCUT2D eigenvalue weighted by molar-refractivity contribution is -0.0719. The molecule has 0 aliphatic heterocycles. The predicted octanol–water partition coefficient (Wildman–Crippen LogP) is 5.18. The second kappa shape index (κ2) is 9.71. The summed E-state index contributed by atoms with van der Waals surface area (Å²) in [7, 11) is 0. The van der Waals surface area contributed by atoms with Gasteiger partial charge in [-0.25, -0.2) is 0 Å². The first-order valence-electron chi connectivity index (χ1n) is 12.9. The molecule has 2 atom stereocenters. The van der Waals surface area contributed by atoms with Gasteiger partial charge in [-0.2, -0.15) is 0 Å². The Morgan fingerprint density at radius 2 is 1.65 bits per heavy atom. The van der Waals surface area contributed by atoms with Crippen LogP contribution in [-0.4, -0.2) is 36.3 Å². The zero-order valence-corrected chi connectivity index (χ0v) is 20.4. The molecule has 182 valence electrons. The van der Waals surface area contributed by atoms with Crippen LogP contribution in [0.25, 0.3) is 0 Å². The molecule has 4 aliphatic carbocycles. The van der Waals surface area contributed by atoms with Crippen LogP contribution >= 0.6 is 0 Å². The number of rotatable bonds is 9. The first-order valence-corrected chi connectivity index (χ1v) is 12.9. The van der Waals surface area contributed by atoms with Crippen molar-refractivity contribution < 1.29 is 14.6 Å². The number of anilines is 1. The SMILES string of the molecule is Cc1ccc(NC(=O)c2ccccc2OCC(O)CNC(C)C23CC4CC(CC(C4)C2)C3)cc1. The van der Waals surface area contributed by atoms with Crippen LogP contribution in [0.2, 0.25) is 0 Å². The summed E-state index contributed by atoms with van der Waals surface area (Å²) in [5, 5.41) is 17.2. The Hall–Kier alpha value is -2.37. The van der Waals surface area contributed by atoms with Crippen molar-refractivity contribution in [1.82, 2.24) is 5.32 Å². The summed E-state index contributed by atoms with van der Waals surface area (Å²) in [6, 6.07) is 15.3. The molecule has 2 aromatic rings. The molecule has 2 aromatic carbocycles. The van der Waals surface area contributed by atoms with Crippen molar-refractivity contribution in [2.75, 3.05) is 18.5 Å². The fourth-order valence-corrected chi connectivity index (χ4v) is 7.10. The molecule has 0 saturated heterocycles. The summed E-state index contributed by atoms with van der Waals surface area (Å²) in [5.74, 6) is 3.03. The zero-order chi connectivity index (χ0) is 23.7. The lowest BCUT2D eigenvalue weighted by Gasteiger charge is -2.59. The minimum absolute atomic E-state index is 0.148. The standard InChI is InChI=1S/C29H38N2O3/c1-19-7-9-24(10-8-19)31-28(33)26-5-3-4-6-27(26)34-18-25(32)17-30-20(2)29-14-21-11-22(15-29)13-23(12-21)16-29/h3-10,20-23,25,30,32H,11-18H2,1-2H3,(H,31,33). The Morgan fingerprint density at radius 3 is 2.29 bits per heavy atom. The Balaban J connectivity index is 1.13. The number of aliphatic hydroxyl groups excluding tert-OH is 1. The molecule has 4 saturated carbocycles. The second-order valence-electron chi connectivity index (χ2n) is 11.2. The van der Waals surface area contributed by atoms with E-state index in [1.807, 2.05) is 43.3 Å². The van der Waals surface area contributed by atoms with Crippen LogP contribution in [-0.2, 0) is 0 Å². The highest BCUT2D eigenvalue weighted by atomic mass is 16.5. The molecule has 3 N–H and O–H groups in total. The maximum atomic E-state index is 12.8. The van der Waals surface area contributed by atoms with Gasteiger partial charge < -0.3 is 20.5 Å². The normalized spacial score (nSPS) is 29.0. The molecule has 6 rings (SSSR count). The number of carbonyl (C=O) groups is 1. The number of amides is 1. The molecule has 4 bridgehead atoms. The Labute approximate surface area is 203 Å². The lowest BCUT2D eigenvalue weighted by Crippen LogP contribution is -2.55. The Bertz CT molecular complexity index is 967. The van der Waals surface area contributed by atoms with E-state index in [2.05, 4.69) is 17.6 Å². The van der Waals surface area contributed by atoms with Gasteiger partial charge in [-0.1, -0.05) is 29.8 Å². The molecule has 4 aliphatic rings. The number of ether oxygens (including phenoxy) is 1. The molecular weight excluding hydrogens is 424 g/mol. The molecule has 2 unspecified atom stereocenters. The van der Waals surface area contributed by atoms with Crippen LogP contribution in [0.1, 0.15) is 61.4 Å². The number of benzene rings is 2. The highest BCUT2D eigenvalue weighted by Gasteiger charge is 2.52. The van der Waals surface area contributed by atoms with Crippen LogP contribution in [0.5, 0.6) is 5.75 Å². The zero-order valence-electron chi connectivity index (χ0n) is 20.4. The van der Waals surface area contributed by atoms with Crippen LogP contribution in [0, 0.1) is 30.1 Å². The minimum Gasteiger partial charge on any atom is -0.490 e. The van der Waals surface area contributed by atoms with Gasteiger partial charge in [0.25, 0.3) is 5.91 Å². The number of hydrogen-bond donors (Lipinski definition) is 3. The average Bonchev–Trinajstić information content (AvgIpc) is 2.82. The molecule has 34 heavy (non-hydrogen) atoms. The van der Waals surface area contributed by atoms with Crippen LogP contribution < -0.4 is 15.4 Å². The van der Waals surface area contributed by atoms with E-state index >= 15 is 0 Å². The number of aryl methyl sites for hydroxylation is 1. The van der Waals surface area contributed by atoms with Gasteiger partial charge in [0.1, 0.15) is 18.5 Å². The Kier molecular flexibility index (Phi) is 6.67. The van der Waals surface area contributed by atoms with Gasteiger partial charge in [0.15, 0.2) is 0 Å². The van der Waals surface area contributed by atoms with Gasteiger partial charge in [0.2, 0.25) is 0 Å². The van der Waals surface area contributed by atoms with Crippen molar-refractivity contribution in [1.29, 1.82) is 0 Å². The largest absolute Gasteiger partial charge is 0.490 e. The third-order valence-corrected chi connectivity index (χ3v) is 8.54. The number of carbonyl (C=O) groups excluding carboxylic acids is 1. The molecule has 0 spiro atoms. The summed E-state index contributed by atoms with van der Waals surface area (Å²) in [4.78, 5) is 12.8. The van der Waals surface area contributed by atoms with Crippen molar-refractivity contribution in [2.24, 2.45) is 23.2 Å². The van der Waals surface area contributed by atoms with Crippen LogP contribution in [0.3, 0.4) is 0 Å². The predicted molar refractivity (Wildman–Crippen MR) is 135 cm³/mol. The molecular formula is C29H38N2O3. The molecule has 5 nitrogen and oxygen atoms in total. The average molecular weight is 463 g/mol. The number of hydrogen-bond acceptors (Lipinski definition) is 4. The van der Waals surface area contributed by atoms with Gasteiger partial charge >= 0.3 is 0 Å². The van der Waals surface area contributed by atoms with Gasteiger partial charge in [-0.3, -0.25) is 4.79 Å². The van der Waals surface area contributed by atoms with E-state index in [-0.39, 0.29) is 12.5 Å². The topological polar surface area (TPSA) is 70.6 Å². The van der Waals surface area contributed by atoms with Gasteiger partial charge in [-0.05, 0) is 99.8 Å². The van der Waals surface area contributed by atoms with Crippen molar-refractivity contribution in [3.05, 3.63) is 59.7 Å². The summed E-state index contributed by atoms with van der Waals surface area (Å²) in [6.45, 7) is 4.97. The van der Waals surface area contributed by atoms with Crippen molar-refractivity contribution in [3.8, 4) is 5.75 Å². The van der Waals surface area contributed by atoms with E-state index < -0.39 is 6.10 Å². The first kappa shape index (κ1) is 23.4. The molecule has 5 heteroatoms. The summed E-state index contributed by atoms with van der Waals surface area (Å²) >= 11 is 0. The maximum Gasteiger partial charge on any atom is 0.259 e. The third kappa shape index (κ3) is 5.01. The van der Waals surface area contributed by atoms with Crippen LogP contribution in [0.4, 0.5) is 5.69 Å². The van der Waals surface area contributed by atoms with E-state index in [4.69, 9.17) is 4.74 Å². The highest BCUT2D eigenvalue weighted by Crippen LogP contribution is 2.61. The lowest BCUT2D eigenvalue weighted by atomic mass is 9.48. The maximum absolute atomic E-state index is 12.8. The fourth-order valence-electron chi connectivity index (χ4n) is 7.10. The third-order valence-electron chi connectivity index (χ3n) is 8.54. The van der Waals surface area contributed by atoms with E-state index in [0.717, 1.165) is 29.0 Å². The molecule has 4 fully saturated rings. The van der Waals surface area contributed by atoms with E-state index in [9.17, 15) is 9.90 Å². The second-order valence-corrected chi connectivity index (χ2v) is 11.2. The van der Waals surface area contributed by atoms with E-state index in [0.29, 0.717) is 29.3 Å². The molecule has 0 radical (unpaired) electrons. The van der Waals surface area contributed by atoms with Crippen molar-refractivity contribution >= 4 is 11.6 Å². The number of aliphatic hydroxyl groups is 1. The summed E-state index contributed by atoms with van der Waals surface area (Å²) in [5.41, 5.74) is 2.76. The molecule has 1 amide bonds. The fraction of sp³-hybridized carbons (Fsp3) is 0.552. The minimum atomic E-state index is -0.635. The smallest absolute Gasteiger partial charge is 0.259 e. The van der Waals surface area contributed by atoms with Crippen LogP contribution in [0.15, 0.2) is 48.5 Å². The van der Waals surface area contributed by atoms with Gasteiger partial charge in [0.05, 0.1) is 5.56 Å². The number of para-hydroxylation sites is 1.